The Kier molecular flexibility index (Phi) is 3.55. The topological polar surface area (TPSA) is 30.7 Å². The third-order valence-electron chi connectivity index (χ3n) is 5.23. The zero-order valence-corrected chi connectivity index (χ0v) is 12.4. The number of carbonyl (C=O) groups is 1. The van der Waals surface area contributed by atoms with Crippen LogP contribution in [-0.2, 0) is 15.1 Å². The van der Waals surface area contributed by atoms with Crippen molar-refractivity contribution in [3.8, 4) is 0 Å². The Balaban J connectivity index is 2.04. The van der Waals surface area contributed by atoms with Gasteiger partial charge in [-0.05, 0) is 24.8 Å². The average molecular weight is 274 g/mol. The highest BCUT2D eigenvalue weighted by molar-refractivity contribution is 5.67. The van der Waals surface area contributed by atoms with E-state index in [0.717, 1.165) is 13.0 Å². The smallest absolute Gasteiger partial charge is 0.303 e. The molecule has 108 valence electrons. The zero-order chi connectivity index (χ0) is 14.2. The molecule has 3 rings (SSSR count). The SMILES string of the molecule is CC(=O)OC1(c2ccccc2)CC[NH+](C)C2CCCC21. The highest BCUT2D eigenvalue weighted by atomic mass is 16.6. The van der Waals surface area contributed by atoms with Crippen molar-refractivity contribution in [3.63, 3.8) is 0 Å². The van der Waals surface area contributed by atoms with Crippen molar-refractivity contribution in [2.75, 3.05) is 13.6 Å². The van der Waals surface area contributed by atoms with Gasteiger partial charge in [0.15, 0.2) is 5.60 Å². The van der Waals surface area contributed by atoms with E-state index in [1.54, 1.807) is 11.8 Å². The van der Waals surface area contributed by atoms with Crippen molar-refractivity contribution in [2.45, 2.75) is 44.2 Å². The molecule has 0 radical (unpaired) electrons. The first-order valence-electron chi connectivity index (χ1n) is 7.71. The minimum absolute atomic E-state index is 0.154. The summed E-state index contributed by atoms with van der Waals surface area (Å²) in [6.07, 6.45) is 4.61. The largest absolute Gasteiger partial charge is 0.454 e. The van der Waals surface area contributed by atoms with E-state index in [1.165, 1.54) is 24.8 Å². The number of quaternary nitrogens is 1. The van der Waals surface area contributed by atoms with Crippen LogP contribution in [0.5, 0.6) is 0 Å². The van der Waals surface area contributed by atoms with E-state index in [-0.39, 0.29) is 5.97 Å². The maximum Gasteiger partial charge on any atom is 0.303 e. The van der Waals surface area contributed by atoms with Gasteiger partial charge >= 0.3 is 5.97 Å². The highest BCUT2D eigenvalue weighted by Gasteiger charge is 2.55. The minimum Gasteiger partial charge on any atom is -0.454 e. The van der Waals surface area contributed by atoms with Gasteiger partial charge in [0.2, 0.25) is 0 Å². The first-order valence-corrected chi connectivity index (χ1v) is 7.71. The zero-order valence-electron chi connectivity index (χ0n) is 12.4. The standard InChI is InChI=1S/C17H23NO2/c1-13(19)20-17(14-7-4-3-5-8-14)11-12-18(2)16-10-6-9-15(16)17/h3-5,7-8,15-16H,6,9-12H2,1-2H3/p+1. The van der Waals surface area contributed by atoms with Crippen molar-refractivity contribution in [2.24, 2.45) is 5.92 Å². The molecule has 1 aliphatic carbocycles. The van der Waals surface area contributed by atoms with Crippen LogP contribution < -0.4 is 4.90 Å². The monoisotopic (exact) mass is 274 g/mol. The van der Waals surface area contributed by atoms with Crippen molar-refractivity contribution < 1.29 is 14.4 Å². The number of nitrogens with one attached hydrogen (secondary N) is 1. The second kappa shape index (κ2) is 5.21. The number of ether oxygens (including phenoxy) is 1. The number of hydrogen-bond donors (Lipinski definition) is 1. The van der Waals surface area contributed by atoms with Crippen molar-refractivity contribution in [3.05, 3.63) is 35.9 Å². The maximum atomic E-state index is 11.7. The van der Waals surface area contributed by atoms with Crippen LogP contribution in [0, 0.1) is 5.92 Å². The summed E-state index contributed by atoms with van der Waals surface area (Å²) in [7, 11) is 2.28. The lowest BCUT2D eigenvalue weighted by atomic mass is 9.73. The minimum atomic E-state index is -0.395. The molecule has 2 aliphatic rings. The lowest BCUT2D eigenvalue weighted by Gasteiger charge is -2.46. The molecule has 2 fully saturated rings. The van der Waals surface area contributed by atoms with Crippen LogP contribution in [-0.4, -0.2) is 25.6 Å². The fraction of sp³-hybridized carbons (Fsp3) is 0.588. The van der Waals surface area contributed by atoms with Gasteiger partial charge in [-0.2, -0.15) is 0 Å². The summed E-state index contributed by atoms with van der Waals surface area (Å²) in [5, 5.41) is 0. The van der Waals surface area contributed by atoms with Gasteiger partial charge in [0.1, 0.15) is 0 Å². The highest BCUT2D eigenvalue weighted by Crippen LogP contribution is 2.46. The number of esters is 1. The molecule has 4 atom stereocenters. The molecule has 0 spiro atoms. The summed E-state index contributed by atoms with van der Waals surface area (Å²) in [6.45, 7) is 2.61. The fourth-order valence-electron chi connectivity index (χ4n) is 4.38. The van der Waals surface area contributed by atoms with Gasteiger partial charge in [0.05, 0.1) is 25.6 Å². The lowest BCUT2D eigenvalue weighted by Crippen LogP contribution is -3.15. The number of fused-ring (bicyclic) bond motifs is 1. The lowest BCUT2D eigenvalue weighted by molar-refractivity contribution is -0.918. The van der Waals surface area contributed by atoms with E-state index in [9.17, 15) is 4.79 Å². The quantitative estimate of drug-likeness (QED) is 0.829. The third kappa shape index (κ3) is 2.14. The molecule has 1 aromatic rings. The van der Waals surface area contributed by atoms with Gasteiger partial charge in [0, 0.05) is 13.3 Å². The molecule has 4 unspecified atom stereocenters. The number of hydrogen-bond acceptors (Lipinski definition) is 2. The van der Waals surface area contributed by atoms with Crippen molar-refractivity contribution >= 4 is 5.97 Å². The predicted octanol–water partition coefficient (Wildman–Crippen LogP) is 1.53. The van der Waals surface area contributed by atoms with Crippen LogP contribution in [0.15, 0.2) is 30.3 Å². The van der Waals surface area contributed by atoms with Crippen LogP contribution in [0.2, 0.25) is 0 Å². The number of likely N-dealkylation sites (tertiary alicyclic amines) is 1. The Hall–Kier alpha value is -1.35. The van der Waals surface area contributed by atoms with Crippen LogP contribution in [0.3, 0.4) is 0 Å². The molecule has 1 saturated heterocycles. The van der Waals surface area contributed by atoms with Crippen LogP contribution in [0.1, 0.15) is 38.2 Å². The second-order valence-corrected chi connectivity index (χ2v) is 6.34. The first kappa shape index (κ1) is 13.6. The van der Waals surface area contributed by atoms with Gasteiger partial charge < -0.3 is 9.64 Å². The van der Waals surface area contributed by atoms with E-state index in [0.29, 0.717) is 12.0 Å². The van der Waals surface area contributed by atoms with Crippen LogP contribution >= 0.6 is 0 Å². The molecular formula is C17H24NO2+. The van der Waals surface area contributed by atoms with E-state index in [4.69, 9.17) is 4.74 Å². The summed E-state index contributed by atoms with van der Waals surface area (Å²) in [5.41, 5.74) is 0.785. The summed E-state index contributed by atoms with van der Waals surface area (Å²) < 4.78 is 5.97. The molecule has 3 heteroatoms. The summed E-state index contributed by atoms with van der Waals surface area (Å²) in [5.74, 6) is 0.307. The van der Waals surface area contributed by atoms with E-state index < -0.39 is 5.60 Å². The molecule has 0 aromatic heterocycles. The molecule has 1 aliphatic heterocycles. The summed E-state index contributed by atoms with van der Waals surface area (Å²) in [4.78, 5) is 13.3. The summed E-state index contributed by atoms with van der Waals surface area (Å²) in [6, 6.07) is 11.0. The van der Waals surface area contributed by atoms with Gasteiger partial charge in [-0.15, -0.1) is 0 Å². The molecule has 1 N–H and O–H groups in total. The number of carbonyl (C=O) groups excluding carboxylic acids is 1. The van der Waals surface area contributed by atoms with Gasteiger partial charge in [-0.3, -0.25) is 4.79 Å². The van der Waals surface area contributed by atoms with Gasteiger partial charge in [-0.25, -0.2) is 0 Å². The van der Waals surface area contributed by atoms with Crippen LogP contribution in [0.4, 0.5) is 0 Å². The molecule has 1 heterocycles. The molecular weight excluding hydrogens is 250 g/mol. The average Bonchev–Trinajstić information content (AvgIpc) is 2.94. The molecule has 20 heavy (non-hydrogen) atoms. The van der Waals surface area contributed by atoms with E-state index >= 15 is 0 Å². The Morgan fingerprint density at radius 1 is 1.30 bits per heavy atom. The molecule has 3 nitrogen and oxygen atoms in total. The summed E-state index contributed by atoms with van der Waals surface area (Å²) >= 11 is 0. The Morgan fingerprint density at radius 2 is 2.05 bits per heavy atom. The normalized spacial score (nSPS) is 36.4. The number of rotatable bonds is 2. The van der Waals surface area contributed by atoms with Gasteiger partial charge in [0.25, 0.3) is 0 Å². The first-order chi connectivity index (χ1) is 9.63. The maximum absolute atomic E-state index is 11.7. The number of piperidine rings is 1. The fourth-order valence-corrected chi connectivity index (χ4v) is 4.38. The Bertz CT molecular complexity index is 487. The molecule has 1 saturated carbocycles. The predicted molar refractivity (Wildman–Crippen MR) is 77.4 cm³/mol. The van der Waals surface area contributed by atoms with E-state index in [1.807, 2.05) is 6.07 Å². The molecule has 1 aromatic carbocycles. The Labute approximate surface area is 120 Å². The van der Waals surface area contributed by atoms with Crippen molar-refractivity contribution in [1.82, 2.24) is 0 Å². The van der Waals surface area contributed by atoms with E-state index in [2.05, 4.69) is 31.3 Å². The van der Waals surface area contributed by atoms with Gasteiger partial charge in [-0.1, -0.05) is 30.3 Å². The van der Waals surface area contributed by atoms with Crippen LogP contribution in [0.25, 0.3) is 0 Å². The van der Waals surface area contributed by atoms with Crippen molar-refractivity contribution in [1.29, 1.82) is 0 Å². The molecule has 0 bridgehead atoms. The number of benzene rings is 1. The second-order valence-electron chi connectivity index (χ2n) is 6.34. The third-order valence-corrected chi connectivity index (χ3v) is 5.23. The Morgan fingerprint density at radius 3 is 2.75 bits per heavy atom. The molecule has 0 amide bonds.